The molecule has 0 spiro atoms. The number of anilines is 1. The molecule has 1 heterocycles. The largest absolute Gasteiger partial charge is 0.345 e. The molecule has 23 heavy (non-hydrogen) atoms. The van der Waals surface area contributed by atoms with Crippen LogP contribution in [0.25, 0.3) is 11.4 Å². The summed E-state index contributed by atoms with van der Waals surface area (Å²) in [5.74, 6) is 0.568. The summed E-state index contributed by atoms with van der Waals surface area (Å²) in [6.07, 6.45) is 3.36. The first-order valence-electron chi connectivity index (χ1n) is 6.87. The first-order valence-corrected chi connectivity index (χ1v) is 8.90. The second-order valence-electron chi connectivity index (χ2n) is 5.01. The van der Waals surface area contributed by atoms with Crippen LogP contribution in [-0.2, 0) is 15.8 Å². The Bertz CT molecular complexity index is 891. The average Bonchev–Trinajstić information content (AvgIpc) is 3.03. The van der Waals surface area contributed by atoms with Crippen LogP contribution in [-0.4, -0.2) is 18.4 Å². The second-order valence-corrected chi connectivity index (χ2v) is 7.16. The van der Waals surface area contributed by atoms with Gasteiger partial charge in [0.15, 0.2) is 0 Å². The van der Waals surface area contributed by atoms with Crippen LogP contribution in [0, 0.1) is 0 Å². The fourth-order valence-corrected chi connectivity index (χ4v) is 3.48. The summed E-state index contributed by atoms with van der Waals surface area (Å²) in [7, 11) is -3.51. The van der Waals surface area contributed by atoms with E-state index in [9.17, 15) is 8.42 Å². The molecule has 0 saturated heterocycles. The van der Waals surface area contributed by atoms with Crippen molar-refractivity contribution in [2.45, 2.75) is 5.75 Å². The fourth-order valence-electron chi connectivity index (χ4n) is 2.17. The van der Waals surface area contributed by atoms with Gasteiger partial charge in [-0.2, -0.15) is 0 Å². The minimum absolute atomic E-state index is 0.116. The minimum Gasteiger partial charge on any atom is -0.345 e. The van der Waals surface area contributed by atoms with Crippen LogP contribution < -0.4 is 4.72 Å². The molecule has 0 bridgehead atoms. The lowest BCUT2D eigenvalue weighted by atomic mass is 10.2. The normalized spacial score (nSPS) is 11.3. The number of aromatic amines is 1. The molecule has 1 aromatic heterocycles. The highest BCUT2D eigenvalue weighted by atomic mass is 35.5. The molecule has 118 valence electrons. The fraction of sp³-hybridized carbons (Fsp3) is 0.0625. The van der Waals surface area contributed by atoms with E-state index in [1.165, 1.54) is 0 Å². The molecule has 2 aromatic carbocycles. The van der Waals surface area contributed by atoms with Crippen LogP contribution in [0.2, 0.25) is 5.02 Å². The summed E-state index contributed by atoms with van der Waals surface area (Å²) in [5.41, 5.74) is 1.97. The molecule has 0 atom stereocenters. The minimum atomic E-state index is -3.51. The van der Waals surface area contributed by atoms with E-state index in [0.29, 0.717) is 22.1 Å². The van der Waals surface area contributed by atoms with E-state index in [0.717, 1.165) is 5.56 Å². The lowest BCUT2D eigenvalue weighted by molar-refractivity contribution is 0.600. The third-order valence-electron chi connectivity index (χ3n) is 3.18. The van der Waals surface area contributed by atoms with Crippen molar-refractivity contribution in [1.29, 1.82) is 0 Å². The van der Waals surface area contributed by atoms with Gasteiger partial charge in [-0.05, 0) is 29.8 Å². The van der Waals surface area contributed by atoms with E-state index in [1.807, 2.05) is 6.07 Å². The van der Waals surface area contributed by atoms with Crippen molar-refractivity contribution in [2.75, 3.05) is 4.72 Å². The van der Waals surface area contributed by atoms with Gasteiger partial charge >= 0.3 is 0 Å². The highest BCUT2D eigenvalue weighted by Crippen LogP contribution is 2.21. The zero-order valence-electron chi connectivity index (χ0n) is 12.0. The Hall–Kier alpha value is -2.31. The maximum absolute atomic E-state index is 12.3. The molecule has 0 aliphatic rings. The number of hydrogen-bond acceptors (Lipinski definition) is 3. The first-order chi connectivity index (χ1) is 11.0. The lowest BCUT2D eigenvalue weighted by Crippen LogP contribution is -2.15. The second kappa shape index (κ2) is 6.44. The van der Waals surface area contributed by atoms with Gasteiger partial charge in [-0.25, -0.2) is 13.4 Å². The van der Waals surface area contributed by atoms with Crippen molar-refractivity contribution in [1.82, 2.24) is 9.97 Å². The van der Waals surface area contributed by atoms with Crippen molar-refractivity contribution in [3.63, 3.8) is 0 Å². The number of hydrogen-bond donors (Lipinski definition) is 2. The molecule has 0 aliphatic heterocycles. The Morgan fingerprint density at radius 3 is 2.61 bits per heavy atom. The van der Waals surface area contributed by atoms with Crippen molar-refractivity contribution >= 4 is 27.3 Å². The van der Waals surface area contributed by atoms with Crippen molar-refractivity contribution < 1.29 is 8.42 Å². The topological polar surface area (TPSA) is 74.8 Å². The molecule has 3 aromatic rings. The molecule has 0 unspecified atom stereocenters. The number of sulfonamides is 1. The van der Waals surface area contributed by atoms with Gasteiger partial charge in [0, 0.05) is 28.7 Å². The van der Waals surface area contributed by atoms with E-state index in [1.54, 1.807) is 54.9 Å². The molecular weight excluding hydrogens is 334 g/mol. The zero-order valence-corrected chi connectivity index (χ0v) is 13.6. The first kappa shape index (κ1) is 15.6. The monoisotopic (exact) mass is 347 g/mol. The number of nitrogens with zero attached hydrogens (tertiary/aromatic N) is 1. The van der Waals surface area contributed by atoms with Crippen molar-refractivity contribution in [3.05, 3.63) is 71.5 Å². The summed E-state index contributed by atoms with van der Waals surface area (Å²) in [5, 5.41) is 0.574. The van der Waals surface area contributed by atoms with Crippen LogP contribution >= 0.6 is 11.6 Å². The molecular formula is C16H14ClN3O2S. The number of aromatic nitrogens is 2. The van der Waals surface area contributed by atoms with Gasteiger partial charge in [-0.15, -0.1) is 0 Å². The summed E-state index contributed by atoms with van der Waals surface area (Å²) < 4.78 is 27.2. The van der Waals surface area contributed by atoms with Crippen molar-refractivity contribution in [2.24, 2.45) is 0 Å². The molecule has 3 rings (SSSR count). The third kappa shape index (κ3) is 4.12. The van der Waals surface area contributed by atoms with Crippen LogP contribution in [0.3, 0.4) is 0 Å². The van der Waals surface area contributed by atoms with Gasteiger partial charge in [0.25, 0.3) is 0 Å². The Labute approximate surface area is 139 Å². The maximum atomic E-state index is 12.3. The standard InChI is InChI=1S/C16H14ClN3O2S/c17-14-6-4-12(5-7-14)11-23(21,22)20-15-3-1-2-13(10-15)16-18-8-9-19-16/h1-10,20H,11H2,(H,18,19). The predicted octanol–water partition coefficient (Wildman–Crippen LogP) is 3.67. The molecule has 5 nitrogen and oxygen atoms in total. The van der Waals surface area contributed by atoms with E-state index in [-0.39, 0.29) is 5.75 Å². The third-order valence-corrected chi connectivity index (χ3v) is 4.69. The van der Waals surface area contributed by atoms with Gasteiger partial charge < -0.3 is 4.98 Å². The summed E-state index contributed by atoms with van der Waals surface area (Å²) in [6.45, 7) is 0. The van der Waals surface area contributed by atoms with Gasteiger partial charge in [-0.1, -0.05) is 35.9 Å². The Morgan fingerprint density at radius 1 is 1.13 bits per heavy atom. The van der Waals surface area contributed by atoms with Crippen molar-refractivity contribution in [3.8, 4) is 11.4 Å². The highest BCUT2D eigenvalue weighted by Gasteiger charge is 2.12. The van der Waals surface area contributed by atoms with E-state index < -0.39 is 10.0 Å². The molecule has 0 saturated carbocycles. The van der Waals surface area contributed by atoms with Crippen LogP contribution in [0.5, 0.6) is 0 Å². The summed E-state index contributed by atoms with van der Waals surface area (Å²) in [6, 6.07) is 13.8. The number of rotatable bonds is 5. The number of H-pyrrole nitrogens is 1. The number of imidazole rings is 1. The molecule has 0 aliphatic carbocycles. The van der Waals surface area contributed by atoms with Crippen LogP contribution in [0.15, 0.2) is 60.9 Å². The van der Waals surface area contributed by atoms with E-state index in [4.69, 9.17) is 11.6 Å². The number of benzene rings is 2. The molecule has 0 amide bonds. The molecule has 0 fully saturated rings. The van der Waals surface area contributed by atoms with Gasteiger partial charge in [0.2, 0.25) is 10.0 Å². The number of halogens is 1. The van der Waals surface area contributed by atoms with E-state index >= 15 is 0 Å². The van der Waals surface area contributed by atoms with Gasteiger partial charge in [0.05, 0.1) is 5.75 Å². The highest BCUT2D eigenvalue weighted by molar-refractivity contribution is 7.91. The zero-order chi connectivity index (χ0) is 16.3. The Morgan fingerprint density at radius 2 is 1.91 bits per heavy atom. The quantitative estimate of drug-likeness (QED) is 0.739. The van der Waals surface area contributed by atoms with Crippen LogP contribution in [0.4, 0.5) is 5.69 Å². The Kier molecular flexibility index (Phi) is 4.36. The SMILES string of the molecule is O=S(=O)(Cc1ccc(Cl)cc1)Nc1cccc(-c2ncc[nH]2)c1. The molecule has 2 N–H and O–H groups in total. The molecule has 7 heteroatoms. The number of nitrogens with one attached hydrogen (secondary N) is 2. The van der Waals surface area contributed by atoms with Gasteiger partial charge in [0.1, 0.15) is 5.82 Å². The summed E-state index contributed by atoms with van der Waals surface area (Å²) >= 11 is 5.80. The predicted molar refractivity (Wildman–Crippen MR) is 91.7 cm³/mol. The maximum Gasteiger partial charge on any atom is 0.236 e. The van der Waals surface area contributed by atoms with E-state index in [2.05, 4.69) is 14.7 Å². The summed E-state index contributed by atoms with van der Waals surface area (Å²) in [4.78, 5) is 7.14. The Balaban J connectivity index is 1.78. The lowest BCUT2D eigenvalue weighted by Gasteiger charge is -2.09. The smallest absolute Gasteiger partial charge is 0.236 e. The molecule has 0 radical (unpaired) electrons. The van der Waals surface area contributed by atoms with Gasteiger partial charge in [-0.3, -0.25) is 4.72 Å². The average molecular weight is 348 g/mol. The van der Waals surface area contributed by atoms with Crippen LogP contribution in [0.1, 0.15) is 5.56 Å².